The Balaban J connectivity index is 2.00. The lowest BCUT2D eigenvalue weighted by Crippen LogP contribution is -2.38. The van der Waals surface area contributed by atoms with Gasteiger partial charge >= 0.3 is 5.97 Å². The molecule has 9 heteroatoms. The van der Waals surface area contributed by atoms with Gasteiger partial charge in [0.1, 0.15) is 5.75 Å². The molecule has 2 aromatic carbocycles. The summed E-state index contributed by atoms with van der Waals surface area (Å²) < 4.78 is 31.9. The fourth-order valence-electron chi connectivity index (χ4n) is 4.27. The number of aliphatic carboxylic acids is 1. The lowest BCUT2D eigenvalue weighted by Gasteiger charge is -2.26. The predicted molar refractivity (Wildman–Crippen MR) is 133 cm³/mol. The Morgan fingerprint density at radius 2 is 1.65 bits per heavy atom. The van der Waals surface area contributed by atoms with E-state index in [2.05, 4.69) is 0 Å². The van der Waals surface area contributed by atoms with Crippen molar-refractivity contribution < 1.29 is 27.9 Å². The van der Waals surface area contributed by atoms with E-state index in [1.165, 1.54) is 18.2 Å². The molecular formula is C25H31NO6S2. The van der Waals surface area contributed by atoms with Crippen molar-refractivity contribution in [3.63, 3.8) is 0 Å². The molecule has 0 bridgehead atoms. The van der Waals surface area contributed by atoms with Crippen LogP contribution in [0, 0.1) is 19.8 Å². The highest BCUT2D eigenvalue weighted by Crippen LogP contribution is 2.39. The summed E-state index contributed by atoms with van der Waals surface area (Å²) in [6, 6.07) is 11.1. The normalized spacial score (nSPS) is 19.2. The van der Waals surface area contributed by atoms with Crippen LogP contribution < -0.4 is 4.74 Å². The van der Waals surface area contributed by atoms with Crippen LogP contribution in [0.4, 0.5) is 0 Å². The van der Waals surface area contributed by atoms with Gasteiger partial charge in [0.25, 0.3) is 0 Å². The highest BCUT2D eigenvalue weighted by Gasteiger charge is 2.42. The Hall–Kier alpha value is -2.36. The Morgan fingerprint density at radius 3 is 2.12 bits per heavy atom. The number of carbonyl (C=O) groups is 2. The van der Waals surface area contributed by atoms with Gasteiger partial charge in [0.15, 0.2) is 11.4 Å². The van der Waals surface area contributed by atoms with Crippen molar-refractivity contribution in [1.82, 2.24) is 4.31 Å². The molecule has 0 aromatic heterocycles. The molecule has 34 heavy (non-hydrogen) atoms. The average Bonchev–Trinajstić information content (AvgIpc) is 3.21. The number of carbonyl (C=O) groups excluding carboxylic acids is 1. The van der Waals surface area contributed by atoms with Crippen LogP contribution in [-0.2, 0) is 14.8 Å². The third-order valence-electron chi connectivity index (χ3n) is 6.25. The Kier molecular flexibility index (Phi) is 7.50. The molecule has 1 fully saturated rings. The second-order valence-corrected chi connectivity index (χ2v) is 12.1. The van der Waals surface area contributed by atoms with E-state index in [-0.39, 0.29) is 24.8 Å². The zero-order valence-electron chi connectivity index (χ0n) is 20.3. The van der Waals surface area contributed by atoms with Crippen molar-refractivity contribution in [2.24, 2.45) is 5.92 Å². The first kappa shape index (κ1) is 26.2. The van der Waals surface area contributed by atoms with Crippen molar-refractivity contribution in [3.8, 4) is 5.75 Å². The van der Waals surface area contributed by atoms with Gasteiger partial charge in [0.05, 0.1) is 6.26 Å². The first-order chi connectivity index (χ1) is 15.7. The van der Waals surface area contributed by atoms with E-state index in [1.807, 2.05) is 44.4 Å². The van der Waals surface area contributed by atoms with Gasteiger partial charge in [-0.1, -0.05) is 24.3 Å². The summed E-state index contributed by atoms with van der Waals surface area (Å²) in [5.41, 5.74) is 1.45. The van der Waals surface area contributed by atoms with Crippen LogP contribution in [0.1, 0.15) is 46.8 Å². The number of nitrogens with zero attached hydrogens (tertiary/aromatic N) is 1. The van der Waals surface area contributed by atoms with Crippen molar-refractivity contribution in [3.05, 3.63) is 58.7 Å². The van der Waals surface area contributed by atoms with Crippen LogP contribution in [0.2, 0.25) is 0 Å². The van der Waals surface area contributed by atoms with E-state index in [0.717, 1.165) is 27.8 Å². The van der Waals surface area contributed by atoms with Gasteiger partial charge in [-0.3, -0.25) is 4.79 Å². The van der Waals surface area contributed by atoms with Crippen molar-refractivity contribution in [2.45, 2.75) is 44.1 Å². The van der Waals surface area contributed by atoms with Crippen LogP contribution in [0.3, 0.4) is 0 Å². The van der Waals surface area contributed by atoms with Crippen molar-refractivity contribution in [1.29, 1.82) is 0 Å². The number of hydrogen-bond donors (Lipinski definition) is 1. The number of thioether (sulfide) groups is 1. The fourth-order valence-corrected chi connectivity index (χ4v) is 5.54. The van der Waals surface area contributed by atoms with Crippen LogP contribution in [0.25, 0.3) is 0 Å². The molecular weight excluding hydrogens is 474 g/mol. The highest BCUT2D eigenvalue weighted by molar-refractivity contribution is 7.98. The van der Waals surface area contributed by atoms with E-state index in [1.54, 1.807) is 23.9 Å². The van der Waals surface area contributed by atoms with Gasteiger partial charge in [-0.25, -0.2) is 17.5 Å². The number of sulfonamides is 1. The number of Topliss-reactive ketones (excluding diaryl/α,β-unsaturated/α-hetero) is 1. The average molecular weight is 506 g/mol. The molecule has 1 N–H and O–H groups in total. The lowest BCUT2D eigenvalue weighted by atomic mass is 9.82. The predicted octanol–water partition coefficient (Wildman–Crippen LogP) is 4.13. The van der Waals surface area contributed by atoms with E-state index >= 15 is 0 Å². The number of aryl methyl sites for hydroxylation is 2. The van der Waals surface area contributed by atoms with E-state index in [4.69, 9.17) is 4.74 Å². The summed E-state index contributed by atoms with van der Waals surface area (Å²) in [5, 5.41) is 9.43. The number of carboxylic acid groups (broad SMARTS) is 1. The molecule has 0 radical (unpaired) electrons. The van der Waals surface area contributed by atoms with Crippen LogP contribution in [-0.4, -0.2) is 60.8 Å². The topological polar surface area (TPSA) is 101 Å². The summed E-state index contributed by atoms with van der Waals surface area (Å²) in [4.78, 5) is 26.0. The molecule has 0 amide bonds. The molecule has 0 aliphatic carbocycles. The molecule has 2 aromatic rings. The summed E-state index contributed by atoms with van der Waals surface area (Å²) in [5.74, 6) is -1.55. The summed E-state index contributed by atoms with van der Waals surface area (Å²) in [6.07, 6.45) is 3.12. The van der Waals surface area contributed by atoms with Gasteiger partial charge in [-0.15, -0.1) is 11.8 Å². The van der Waals surface area contributed by atoms with Gasteiger partial charge in [-0.05, 0) is 62.8 Å². The number of hydrogen-bond acceptors (Lipinski definition) is 6. The Morgan fingerprint density at radius 1 is 1.09 bits per heavy atom. The van der Waals surface area contributed by atoms with Gasteiger partial charge in [0, 0.05) is 35.4 Å². The standard InChI is InChI=1S/C25H31NO6S2/c1-15-11-18(12-16(2)23(15)32-25(3,4)24(28)29)20-13-26(34(6,30)31)14-21(20)22(27)17-7-9-19(33-5)10-8-17/h7-12,20-21H,13-14H2,1-6H3,(H,28,29)/t20-,21+/m1/s1. The molecule has 1 heterocycles. The van der Waals surface area contributed by atoms with Crippen molar-refractivity contribution >= 4 is 33.5 Å². The summed E-state index contributed by atoms with van der Waals surface area (Å²) in [6.45, 7) is 6.95. The Bertz CT molecular complexity index is 1180. The van der Waals surface area contributed by atoms with Crippen LogP contribution in [0.5, 0.6) is 5.75 Å². The minimum Gasteiger partial charge on any atom is -0.478 e. The molecule has 184 valence electrons. The van der Waals surface area contributed by atoms with Crippen LogP contribution in [0.15, 0.2) is 41.3 Å². The molecule has 0 spiro atoms. The van der Waals surface area contributed by atoms with Crippen LogP contribution >= 0.6 is 11.8 Å². The summed E-state index contributed by atoms with van der Waals surface area (Å²) in [7, 11) is -3.48. The Labute approximate surface area is 205 Å². The van der Waals surface area contributed by atoms with E-state index in [0.29, 0.717) is 11.3 Å². The maximum Gasteiger partial charge on any atom is 0.347 e. The minimum absolute atomic E-state index is 0.0913. The largest absolute Gasteiger partial charge is 0.478 e. The lowest BCUT2D eigenvalue weighted by molar-refractivity contribution is -0.152. The number of carboxylic acids is 1. The second-order valence-electron chi connectivity index (χ2n) is 9.29. The first-order valence-corrected chi connectivity index (χ1v) is 14.0. The molecule has 7 nitrogen and oxygen atoms in total. The first-order valence-electron chi connectivity index (χ1n) is 10.9. The van der Waals surface area contributed by atoms with E-state index in [9.17, 15) is 23.1 Å². The molecule has 0 saturated carbocycles. The molecule has 3 rings (SSSR count). The van der Waals surface area contributed by atoms with Gasteiger partial charge in [0.2, 0.25) is 10.0 Å². The number of rotatable bonds is 8. The summed E-state index contributed by atoms with van der Waals surface area (Å²) >= 11 is 1.59. The van der Waals surface area contributed by atoms with Gasteiger partial charge in [-0.2, -0.15) is 0 Å². The maximum absolute atomic E-state index is 13.5. The number of ketones is 1. The quantitative estimate of drug-likeness (QED) is 0.425. The zero-order chi connectivity index (χ0) is 25.4. The number of ether oxygens (including phenoxy) is 1. The van der Waals surface area contributed by atoms with Gasteiger partial charge < -0.3 is 9.84 Å². The third-order valence-corrected chi connectivity index (χ3v) is 8.23. The SMILES string of the molecule is CSc1ccc(C(=O)[C@H]2CN(S(C)(=O)=O)C[C@@H]2c2cc(C)c(OC(C)(C)C(=O)O)c(C)c2)cc1. The maximum atomic E-state index is 13.5. The second kappa shape index (κ2) is 9.71. The molecule has 1 aliphatic heterocycles. The molecule has 2 atom stereocenters. The third kappa shape index (κ3) is 5.47. The zero-order valence-corrected chi connectivity index (χ0v) is 21.9. The smallest absolute Gasteiger partial charge is 0.347 e. The minimum atomic E-state index is -3.48. The molecule has 1 saturated heterocycles. The molecule has 1 aliphatic rings. The van der Waals surface area contributed by atoms with Crippen molar-refractivity contribution in [2.75, 3.05) is 25.6 Å². The number of benzene rings is 2. The van der Waals surface area contributed by atoms with E-state index < -0.39 is 27.5 Å². The monoisotopic (exact) mass is 505 g/mol. The fraction of sp³-hybridized carbons (Fsp3) is 0.440. The molecule has 0 unspecified atom stereocenters. The highest BCUT2D eigenvalue weighted by atomic mass is 32.2.